The van der Waals surface area contributed by atoms with E-state index in [0.717, 1.165) is 17.1 Å². The van der Waals surface area contributed by atoms with Crippen molar-refractivity contribution in [3.05, 3.63) is 36.0 Å². The number of benzene rings is 1. The molecule has 1 aromatic rings. The van der Waals surface area contributed by atoms with Gasteiger partial charge < -0.3 is 19.5 Å². The summed E-state index contributed by atoms with van der Waals surface area (Å²) < 4.78 is 10.7. The molecule has 1 aliphatic rings. The summed E-state index contributed by atoms with van der Waals surface area (Å²) in [4.78, 5) is 1.72. The summed E-state index contributed by atoms with van der Waals surface area (Å²) in [6.07, 6.45) is 1.97. The SMILES string of the molecule is C/C=C1\N(c2ccc(OC)cc2)C([O-])(OCC)C1(C)C.[Li+]. The van der Waals surface area contributed by atoms with Gasteiger partial charge in [-0.25, -0.2) is 0 Å². The molecule has 0 bridgehead atoms. The smallest absolute Gasteiger partial charge is 0.811 e. The van der Waals surface area contributed by atoms with Gasteiger partial charge in [-0.15, -0.1) is 0 Å². The van der Waals surface area contributed by atoms with Gasteiger partial charge in [-0.3, -0.25) is 0 Å². The van der Waals surface area contributed by atoms with Crippen LogP contribution in [0.5, 0.6) is 5.75 Å². The minimum absolute atomic E-state index is 0. The van der Waals surface area contributed by atoms with Crippen LogP contribution < -0.4 is 33.6 Å². The van der Waals surface area contributed by atoms with Gasteiger partial charge >= 0.3 is 18.9 Å². The second-order valence-corrected chi connectivity index (χ2v) is 5.35. The maximum absolute atomic E-state index is 13.1. The molecule has 110 valence electrons. The molecule has 1 heterocycles. The quantitative estimate of drug-likeness (QED) is 0.552. The summed E-state index contributed by atoms with van der Waals surface area (Å²) in [5.41, 5.74) is 1.24. The Kier molecular flexibility index (Phi) is 5.57. The largest absolute Gasteiger partial charge is 1.00 e. The van der Waals surface area contributed by atoms with E-state index in [4.69, 9.17) is 9.47 Å². The Morgan fingerprint density at radius 3 is 2.24 bits per heavy atom. The third-order valence-electron chi connectivity index (χ3n) is 3.91. The van der Waals surface area contributed by atoms with E-state index in [1.807, 2.05) is 58.0 Å². The first-order chi connectivity index (χ1) is 9.42. The standard InChI is InChI=1S/C16H22NO3.Li/c1-6-14-15(3,4)16(18,20-7-2)17(14)12-8-10-13(19-5)11-9-12;/h6,8-11H,7H2,1-5H3;/q-1;+1/b14-6-;. The zero-order valence-electron chi connectivity index (χ0n) is 13.8. The third-order valence-corrected chi connectivity index (χ3v) is 3.91. The molecule has 1 saturated heterocycles. The zero-order valence-corrected chi connectivity index (χ0v) is 13.8. The van der Waals surface area contributed by atoms with Gasteiger partial charge in [0.15, 0.2) is 0 Å². The van der Waals surface area contributed by atoms with Crippen molar-refractivity contribution >= 4 is 5.69 Å². The number of anilines is 1. The molecule has 0 spiro atoms. The Hall–Kier alpha value is -0.923. The first-order valence-electron chi connectivity index (χ1n) is 6.87. The van der Waals surface area contributed by atoms with Crippen molar-refractivity contribution in [3.63, 3.8) is 0 Å². The average molecular weight is 283 g/mol. The second-order valence-electron chi connectivity index (χ2n) is 5.35. The van der Waals surface area contributed by atoms with E-state index in [0.29, 0.717) is 6.61 Å². The molecular weight excluding hydrogens is 261 g/mol. The van der Waals surface area contributed by atoms with E-state index < -0.39 is 11.3 Å². The number of ether oxygens (including phenoxy) is 2. The first kappa shape index (κ1) is 18.1. The summed E-state index contributed by atoms with van der Waals surface area (Å²) >= 11 is 0. The van der Waals surface area contributed by atoms with E-state index in [9.17, 15) is 5.11 Å². The zero-order chi connectivity index (χ0) is 15.0. The topological polar surface area (TPSA) is 44.8 Å². The fourth-order valence-electron chi connectivity index (χ4n) is 2.80. The number of hydrogen-bond acceptors (Lipinski definition) is 4. The minimum Gasteiger partial charge on any atom is -0.811 e. The number of rotatable bonds is 4. The molecule has 0 amide bonds. The van der Waals surface area contributed by atoms with Gasteiger partial charge in [-0.1, -0.05) is 19.9 Å². The number of nitrogens with zero attached hydrogens (tertiary/aromatic N) is 1. The Labute approximate surface area is 138 Å². The van der Waals surface area contributed by atoms with Crippen LogP contribution in [-0.2, 0) is 4.74 Å². The molecule has 1 aliphatic heterocycles. The fourth-order valence-corrected chi connectivity index (χ4v) is 2.80. The summed E-state index contributed by atoms with van der Waals surface area (Å²) in [5.74, 6) is -0.804. The molecule has 21 heavy (non-hydrogen) atoms. The van der Waals surface area contributed by atoms with Crippen LogP contribution >= 0.6 is 0 Å². The second kappa shape index (κ2) is 6.46. The van der Waals surface area contributed by atoms with Gasteiger partial charge in [0.05, 0.1) is 13.0 Å². The molecule has 1 aromatic carbocycles. The summed E-state index contributed by atoms with van der Waals surface area (Å²) in [6, 6.07) is 7.45. The Morgan fingerprint density at radius 1 is 1.24 bits per heavy atom. The maximum atomic E-state index is 13.1. The molecule has 1 fully saturated rings. The van der Waals surface area contributed by atoms with Crippen LogP contribution in [-0.4, -0.2) is 19.6 Å². The molecule has 0 radical (unpaired) electrons. The van der Waals surface area contributed by atoms with E-state index in [1.165, 1.54) is 0 Å². The van der Waals surface area contributed by atoms with Crippen LogP contribution in [0.3, 0.4) is 0 Å². The van der Waals surface area contributed by atoms with Crippen LogP contribution in [0.2, 0.25) is 0 Å². The first-order valence-corrected chi connectivity index (χ1v) is 6.87. The van der Waals surface area contributed by atoms with Crippen molar-refractivity contribution in [3.8, 4) is 5.75 Å². The molecule has 5 heteroatoms. The summed E-state index contributed by atoms with van der Waals surface area (Å²) in [7, 11) is 1.62. The third kappa shape index (κ3) is 2.62. The van der Waals surface area contributed by atoms with E-state index in [2.05, 4.69) is 0 Å². The molecule has 2 rings (SSSR count). The van der Waals surface area contributed by atoms with Crippen molar-refractivity contribution in [1.29, 1.82) is 0 Å². The van der Waals surface area contributed by atoms with Gasteiger partial charge in [0.2, 0.25) is 0 Å². The van der Waals surface area contributed by atoms with Crippen molar-refractivity contribution in [1.82, 2.24) is 0 Å². The number of allylic oxidation sites excluding steroid dienone is 1. The van der Waals surface area contributed by atoms with Crippen molar-refractivity contribution in [2.75, 3.05) is 18.6 Å². The van der Waals surface area contributed by atoms with Gasteiger partial charge in [0.1, 0.15) is 5.75 Å². The van der Waals surface area contributed by atoms with E-state index >= 15 is 0 Å². The van der Waals surface area contributed by atoms with Crippen LogP contribution in [0, 0.1) is 5.41 Å². The van der Waals surface area contributed by atoms with Crippen LogP contribution in [0.25, 0.3) is 0 Å². The molecule has 0 saturated carbocycles. The number of hydrogen-bond donors (Lipinski definition) is 0. The summed E-state index contributed by atoms with van der Waals surface area (Å²) in [6.45, 7) is 8.02. The van der Waals surface area contributed by atoms with Gasteiger partial charge in [-0.05, 0) is 38.1 Å². The molecular formula is C16H22LiNO3. The fraction of sp³-hybridized carbons (Fsp3) is 0.500. The molecule has 4 nitrogen and oxygen atoms in total. The average Bonchev–Trinajstić information content (AvgIpc) is 2.44. The molecule has 1 atom stereocenters. The predicted octanol–water partition coefficient (Wildman–Crippen LogP) is -0.500. The van der Waals surface area contributed by atoms with Crippen LogP contribution in [0.1, 0.15) is 27.7 Å². The van der Waals surface area contributed by atoms with Crippen molar-refractivity contribution in [2.24, 2.45) is 5.41 Å². The molecule has 0 aliphatic carbocycles. The number of methoxy groups -OCH3 is 1. The van der Waals surface area contributed by atoms with Crippen LogP contribution in [0.4, 0.5) is 5.69 Å². The Bertz CT molecular complexity index is 513. The monoisotopic (exact) mass is 283 g/mol. The Morgan fingerprint density at radius 2 is 1.81 bits per heavy atom. The van der Waals surface area contributed by atoms with Crippen LogP contribution in [0.15, 0.2) is 36.0 Å². The maximum Gasteiger partial charge on any atom is 1.00 e. The molecule has 1 unspecified atom stereocenters. The molecule has 0 aromatic heterocycles. The van der Waals surface area contributed by atoms with E-state index in [-0.39, 0.29) is 18.9 Å². The van der Waals surface area contributed by atoms with Crippen molar-refractivity contribution < 1.29 is 33.4 Å². The summed E-state index contributed by atoms with van der Waals surface area (Å²) in [5, 5.41) is 13.1. The van der Waals surface area contributed by atoms with Crippen molar-refractivity contribution in [2.45, 2.75) is 33.6 Å². The molecule has 0 N–H and O–H groups in total. The van der Waals surface area contributed by atoms with Gasteiger partial charge in [0.25, 0.3) is 0 Å². The van der Waals surface area contributed by atoms with Gasteiger partial charge in [0, 0.05) is 23.4 Å². The van der Waals surface area contributed by atoms with E-state index in [1.54, 1.807) is 12.0 Å². The van der Waals surface area contributed by atoms with Gasteiger partial charge in [-0.2, -0.15) is 0 Å². The Balaban J connectivity index is 0.00000220. The normalized spacial score (nSPS) is 25.2. The minimum atomic E-state index is -1.57. The predicted molar refractivity (Wildman–Crippen MR) is 77.4 cm³/mol.